The van der Waals surface area contributed by atoms with Crippen LogP contribution < -0.4 is 11.1 Å². The maximum Gasteiger partial charge on any atom is 0.240 e. The molecule has 3 N–H and O–H groups in total. The van der Waals surface area contributed by atoms with Gasteiger partial charge in [-0.05, 0) is 44.6 Å². The molecule has 2 saturated carbocycles. The van der Waals surface area contributed by atoms with E-state index >= 15 is 0 Å². The molecule has 0 heterocycles. The molecule has 98 valence electrons. The number of hydrogen-bond acceptors (Lipinski definition) is 3. The van der Waals surface area contributed by atoms with Crippen molar-refractivity contribution in [2.75, 3.05) is 20.3 Å². The van der Waals surface area contributed by atoms with E-state index < -0.39 is 5.54 Å². The molecule has 0 aromatic rings. The van der Waals surface area contributed by atoms with E-state index in [9.17, 15) is 4.79 Å². The number of nitrogens with one attached hydrogen (secondary N) is 1. The Labute approximate surface area is 103 Å². The van der Waals surface area contributed by atoms with Crippen molar-refractivity contribution in [1.82, 2.24) is 5.32 Å². The van der Waals surface area contributed by atoms with Crippen molar-refractivity contribution in [3.63, 3.8) is 0 Å². The third kappa shape index (κ3) is 2.80. The summed E-state index contributed by atoms with van der Waals surface area (Å²) in [6.45, 7) is 1.21. The SMILES string of the molecule is CNC(COCC1CCCC1)(C(N)=O)C1CC1. The smallest absolute Gasteiger partial charge is 0.240 e. The van der Waals surface area contributed by atoms with Crippen molar-refractivity contribution in [3.8, 4) is 0 Å². The summed E-state index contributed by atoms with van der Waals surface area (Å²) in [5, 5.41) is 3.10. The van der Waals surface area contributed by atoms with Gasteiger partial charge in [-0.2, -0.15) is 0 Å². The van der Waals surface area contributed by atoms with E-state index in [4.69, 9.17) is 10.5 Å². The molecule has 0 saturated heterocycles. The molecule has 0 radical (unpaired) electrons. The zero-order valence-electron chi connectivity index (χ0n) is 10.7. The lowest BCUT2D eigenvalue weighted by atomic mass is 9.93. The molecule has 1 amide bonds. The summed E-state index contributed by atoms with van der Waals surface area (Å²) in [4.78, 5) is 11.6. The molecule has 2 aliphatic rings. The molecule has 2 aliphatic carbocycles. The Morgan fingerprint density at radius 1 is 1.35 bits per heavy atom. The van der Waals surface area contributed by atoms with E-state index in [1.807, 2.05) is 7.05 Å². The molecule has 4 nitrogen and oxygen atoms in total. The zero-order chi connectivity index (χ0) is 12.3. The number of carbonyl (C=O) groups excluding carboxylic acids is 1. The van der Waals surface area contributed by atoms with Crippen molar-refractivity contribution in [1.29, 1.82) is 0 Å². The van der Waals surface area contributed by atoms with E-state index in [1.165, 1.54) is 25.7 Å². The Bertz CT molecular complexity index is 273. The van der Waals surface area contributed by atoms with E-state index in [-0.39, 0.29) is 5.91 Å². The first-order chi connectivity index (χ1) is 8.19. The van der Waals surface area contributed by atoms with Gasteiger partial charge in [0, 0.05) is 6.61 Å². The largest absolute Gasteiger partial charge is 0.379 e. The first-order valence-electron chi connectivity index (χ1n) is 6.75. The summed E-state index contributed by atoms with van der Waals surface area (Å²) in [5.41, 5.74) is 4.91. The van der Waals surface area contributed by atoms with E-state index in [0.717, 1.165) is 19.4 Å². The number of primary amides is 1. The normalized spacial score (nSPS) is 24.8. The lowest BCUT2D eigenvalue weighted by Gasteiger charge is -2.30. The molecule has 0 aliphatic heterocycles. The Balaban J connectivity index is 1.82. The predicted molar refractivity (Wildman–Crippen MR) is 66.5 cm³/mol. The van der Waals surface area contributed by atoms with Gasteiger partial charge in [-0.15, -0.1) is 0 Å². The van der Waals surface area contributed by atoms with Crippen molar-refractivity contribution < 1.29 is 9.53 Å². The summed E-state index contributed by atoms with van der Waals surface area (Å²) in [7, 11) is 1.81. The second-order valence-electron chi connectivity index (χ2n) is 5.53. The van der Waals surface area contributed by atoms with E-state index in [2.05, 4.69) is 5.32 Å². The van der Waals surface area contributed by atoms with Crippen molar-refractivity contribution in [2.45, 2.75) is 44.1 Å². The molecule has 0 spiro atoms. The van der Waals surface area contributed by atoms with Gasteiger partial charge in [-0.25, -0.2) is 0 Å². The lowest BCUT2D eigenvalue weighted by molar-refractivity contribution is -0.128. The number of rotatable bonds is 7. The van der Waals surface area contributed by atoms with Gasteiger partial charge in [0.25, 0.3) is 0 Å². The molecule has 4 heteroatoms. The third-order valence-corrected chi connectivity index (χ3v) is 4.32. The monoisotopic (exact) mass is 240 g/mol. The summed E-state index contributed by atoms with van der Waals surface area (Å²) < 4.78 is 5.77. The van der Waals surface area contributed by atoms with Gasteiger partial charge in [0.2, 0.25) is 5.91 Å². The summed E-state index contributed by atoms with van der Waals surface area (Å²) in [6.07, 6.45) is 7.35. The van der Waals surface area contributed by atoms with Crippen LogP contribution in [0.15, 0.2) is 0 Å². The number of amides is 1. The second-order valence-corrected chi connectivity index (χ2v) is 5.53. The highest BCUT2D eigenvalue weighted by Crippen LogP contribution is 2.39. The van der Waals surface area contributed by atoms with E-state index in [1.54, 1.807) is 0 Å². The predicted octanol–water partition coefficient (Wildman–Crippen LogP) is 1.05. The van der Waals surface area contributed by atoms with Crippen molar-refractivity contribution in [3.05, 3.63) is 0 Å². The van der Waals surface area contributed by atoms with Gasteiger partial charge in [-0.3, -0.25) is 4.79 Å². The first kappa shape index (κ1) is 12.8. The highest BCUT2D eigenvalue weighted by molar-refractivity contribution is 5.85. The summed E-state index contributed by atoms with van der Waals surface area (Å²) in [5.74, 6) is 0.791. The fourth-order valence-electron chi connectivity index (χ4n) is 2.93. The van der Waals surface area contributed by atoms with Gasteiger partial charge >= 0.3 is 0 Å². The van der Waals surface area contributed by atoms with Crippen LogP contribution in [0.5, 0.6) is 0 Å². The van der Waals surface area contributed by atoms with Gasteiger partial charge in [0.1, 0.15) is 5.54 Å². The van der Waals surface area contributed by atoms with Crippen LogP contribution in [0.25, 0.3) is 0 Å². The average Bonchev–Trinajstić information content (AvgIpc) is 3.03. The van der Waals surface area contributed by atoms with Crippen LogP contribution in [0.4, 0.5) is 0 Å². The first-order valence-corrected chi connectivity index (χ1v) is 6.75. The molecular formula is C13H24N2O2. The minimum Gasteiger partial charge on any atom is -0.379 e. The van der Waals surface area contributed by atoms with Gasteiger partial charge in [-0.1, -0.05) is 12.8 Å². The van der Waals surface area contributed by atoms with Crippen LogP contribution in [0.1, 0.15) is 38.5 Å². The van der Waals surface area contributed by atoms with Crippen LogP contribution >= 0.6 is 0 Å². The fraction of sp³-hybridized carbons (Fsp3) is 0.923. The van der Waals surface area contributed by atoms with Gasteiger partial charge in [0.15, 0.2) is 0 Å². The molecule has 1 atom stereocenters. The minimum absolute atomic E-state index is 0.270. The Hall–Kier alpha value is -0.610. The molecular weight excluding hydrogens is 216 g/mol. The average molecular weight is 240 g/mol. The van der Waals surface area contributed by atoms with Gasteiger partial charge < -0.3 is 15.8 Å². The van der Waals surface area contributed by atoms with E-state index in [0.29, 0.717) is 18.4 Å². The number of likely N-dealkylation sites (N-methyl/N-ethyl adjacent to an activating group) is 1. The number of nitrogens with two attached hydrogens (primary N) is 1. The van der Waals surface area contributed by atoms with Crippen LogP contribution in [-0.4, -0.2) is 31.7 Å². The number of carbonyl (C=O) groups is 1. The highest BCUT2D eigenvalue weighted by atomic mass is 16.5. The third-order valence-electron chi connectivity index (χ3n) is 4.32. The maximum absolute atomic E-state index is 11.6. The molecule has 2 rings (SSSR count). The van der Waals surface area contributed by atoms with Crippen LogP contribution in [0.3, 0.4) is 0 Å². The molecule has 0 bridgehead atoms. The molecule has 0 aromatic carbocycles. The Kier molecular flexibility index (Phi) is 4.05. The summed E-state index contributed by atoms with van der Waals surface area (Å²) >= 11 is 0. The summed E-state index contributed by atoms with van der Waals surface area (Å²) in [6, 6.07) is 0. The topological polar surface area (TPSA) is 64.3 Å². The number of ether oxygens (including phenoxy) is 1. The Morgan fingerprint density at radius 3 is 2.47 bits per heavy atom. The maximum atomic E-state index is 11.6. The minimum atomic E-state index is -0.626. The van der Waals surface area contributed by atoms with Crippen LogP contribution in [-0.2, 0) is 9.53 Å². The molecule has 0 aromatic heterocycles. The van der Waals surface area contributed by atoms with Gasteiger partial charge in [0.05, 0.1) is 6.61 Å². The van der Waals surface area contributed by atoms with Crippen LogP contribution in [0.2, 0.25) is 0 Å². The highest BCUT2D eigenvalue weighted by Gasteiger charge is 2.49. The lowest BCUT2D eigenvalue weighted by Crippen LogP contribution is -2.59. The Morgan fingerprint density at radius 2 is 2.00 bits per heavy atom. The quantitative estimate of drug-likeness (QED) is 0.699. The molecule has 2 fully saturated rings. The van der Waals surface area contributed by atoms with Crippen molar-refractivity contribution in [2.24, 2.45) is 17.6 Å². The fourth-order valence-corrected chi connectivity index (χ4v) is 2.93. The van der Waals surface area contributed by atoms with Crippen LogP contribution in [0, 0.1) is 11.8 Å². The zero-order valence-corrected chi connectivity index (χ0v) is 10.7. The standard InChI is InChI=1S/C13H24N2O2/c1-15-13(12(14)16,11-6-7-11)9-17-8-10-4-2-3-5-10/h10-11,15H,2-9H2,1H3,(H2,14,16). The second kappa shape index (κ2) is 5.36. The molecule has 1 unspecified atom stereocenters. The number of hydrogen-bond donors (Lipinski definition) is 2. The van der Waals surface area contributed by atoms with Crippen molar-refractivity contribution >= 4 is 5.91 Å². The molecule has 17 heavy (non-hydrogen) atoms.